The van der Waals surface area contributed by atoms with Gasteiger partial charge in [-0.1, -0.05) is 20.8 Å². The summed E-state index contributed by atoms with van der Waals surface area (Å²) in [5.41, 5.74) is 0.855. The fourth-order valence-electron chi connectivity index (χ4n) is 2.12. The maximum atomic E-state index is 11.9. The molecule has 0 aliphatic heterocycles. The van der Waals surface area contributed by atoms with Crippen LogP contribution in [0.5, 0.6) is 5.75 Å². The molecule has 0 radical (unpaired) electrons. The second kappa shape index (κ2) is 7.82. The number of aromatic nitrogens is 1. The highest BCUT2D eigenvalue weighted by atomic mass is 32.1. The second-order valence-electron chi connectivity index (χ2n) is 6.94. The van der Waals surface area contributed by atoms with E-state index in [9.17, 15) is 14.9 Å². The third kappa shape index (κ3) is 4.78. The molecule has 140 valence electrons. The minimum absolute atomic E-state index is 0.118. The van der Waals surface area contributed by atoms with Crippen LogP contribution in [0.3, 0.4) is 0 Å². The molecular weight excluding hydrogens is 356 g/mol. The van der Waals surface area contributed by atoms with Gasteiger partial charge in [0.15, 0.2) is 5.75 Å². The number of ether oxygens (including phenoxy) is 2. The van der Waals surface area contributed by atoms with E-state index >= 15 is 0 Å². The summed E-state index contributed by atoms with van der Waals surface area (Å²) >= 11 is 1.16. The molecule has 0 bridgehead atoms. The van der Waals surface area contributed by atoms with Crippen LogP contribution >= 0.6 is 11.3 Å². The Morgan fingerprint density at radius 1 is 1.35 bits per heavy atom. The summed E-state index contributed by atoms with van der Waals surface area (Å²) < 4.78 is 10.6. The van der Waals surface area contributed by atoms with E-state index in [-0.39, 0.29) is 23.5 Å². The van der Waals surface area contributed by atoms with Crippen LogP contribution in [-0.4, -0.2) is 29.1 Å². The van der Waals surface area contributed by atoms with Crippen molar-refractivity contribution in [1.82, 2.24) is 4.98 Å². The number of carbonyl (C=O) groups is 1. The van der Waals surface area contributed by atoms with Gasteiger partial charge in [0.2, 0.25) is 0 Å². The number of nitro benzene ring substituents is 1. The van der Waals surface area contributed by atoms with Crippen LogP contribution in [0.15, 0.2) is 18.2 Å². The average Bonchev–Trinajstić information content (AvgIpc) is 2.94. The Labute approximate surface area is 156 Å². The first-order valence-corrected chi connectivity index (χ1v) is 9.00. The number of nitrogens with zero attached hydrogens (tertiary/aromatic N) is 2. The molecule has 0 atom stereocenters. The van der Waals surface area contributed by atoms with Gasteiger partial charge in [0, 0.05) is 11.6 Å². The Morgan fingerprint density at radius 2 is 2.04 bits per heavy atom. The monoisotopic (exact) mass is 378 g/mol. The van der Waals surface area contributed by atoms with E-state index < -0.39 is 10.9 Å². The van der Waals surface area contributed by atoms with Crippen molar-refractivity contribution in [3.8, 4) is 16.3 Å². The van der Waals surface area contributed by atoms with E-state index in [0.29, 0.717) is 27.7 Å². The fraction of sp³-hybridized carbons (Fsp3) is 0.444. The zero-order valence-electron chi connectivity index (χ0n) is 15.5. The molecule has 0 unspecified atom stereocenters. The Kier molecular flexibility index (Phi) is 5.97. The minimum Gasteiger partial charge on any atom is -0.486 e. The lowest BCUT2D eigenvalue weighted by atomic mass is 9.99. The van der Waals surface area contributed by atoms with E-state index in [4.69, 9.17) is 9.47 Å². The van der Waals surface area contributed by atoms with Gasteiger partial charge in [0.05, 0.1) is 23.8 Å². The van der Waals surface area contributed by atoms with Crippen LogP contribution in [0.25, 0.3) is 10.6 Å². The standard InChI is InChI=1S/C18H22N2O5S/c1-6-24-17(21)15-11(2)19-16(26-15)12-7-8-14(13(9-12)20(22)23)25-10-18(3,4)5/h7-9H,6,10H2,1-5H3. The molecule has 0 aliphatic rings. The normalized spacial score (nSPS) is 11.3. The van der Waals surface area contributed by atoms with E-state index in [1.807, 2.05) is 20.8 Å². The summed E-state index contributed by atoms with van der Waals surface area (Å²) in [6.45, 7) is 10.0. The number of aryl methyl sites for hydroxylation is 1. The molecule has 2 rings (SSSR count). The van der Waals surface area contributed by atoms with Crippen LogP contribution < -0.4 is 4.74 Å². The molecule has 0 saturated carbocycles. The fourth-order valence-corrected chi connectivity index (χ4v) is 3.07. The summed E-state index contributed by atoms with van der Waals surface area (Å²) in [6, 6.07) is 4.70. The Hall–Kier alpha value is -2.48. The number of benzene rings is 1. The van der Waals surface area contributed by atoms with Gasteiger partial charge < -0.3 is 9.47 Å². The van der Waals surface area contributed by atoms with Crippen molar-refractivity contribution in [1.29, 1.82) is 0 Å². The molecule has 0 saturated heterocycles. The smallest absolute Gasteiger partial charge is 0.350 e. The molecule has 26 heavy (non-hydrogen) atoms. The van der Waals surface area contributed by atoms with E-state index in [1.165, 1.54) is 6.07 Å². The zero-order valence-corrected chi connectivity index (χ0v) is 16.3. The van der Waals surface area contributed by atoms with Crippen LogP contribution in [-0.2, 0) is 4.74 Å². The molecule has 2 aromatic rings. The van der Waals surface area contributed by atoms with E-state index in [1.54, 1.807) is 26.0 Å². The molecule has 0 amide bonds. The molecule has 0 aliphatic carbocycles. The predicted octanol–water partition coefficient (Wildman–Crippen LogP) is 4.63. The maximum Gasteiger partial charge on any atom is 0.350 e. The molecule has 8 heteroatoms. The number of hydrogen-bond donors (Lipinski definition) is 0. The predicted molar refractivity (Wildman–Crippen MR) is 99.8 cm³/mol. The van der Waals surface area contributed by atoms with Crippen molar-refractivity contribution in [3.63, 3.8) is 0 Å². The van der Waals surface area contributed by atoms with E-state index in [2.05, 4.69) is 4.98 Å². The number of thiazole rings is 1. The molecule has 7 nitrogen and oxygen atoms in total. The second-order valence-corrected chi connectivity index (χ2v) is 7.94. The molecule has 1 aromatic heterocycles. The molecule has 1 aromatic carbocycles. The number of rotatable bonds is 6. The average molecular weight is 378 g/mol. The first kappa shape index (κ1) is 19.8. The van der Waals surface area contributed by atoms with Gasteiger partial charge in [0.25, 0.3) is 0 Å². The molecular formula is C18H22N2O5S. The minimum atomic E-state index is -0.478. The molecule has 0 spiro atoms. The van der Waals surface area contributed by atoms with Gasteiger partial charge >= 0.3 is 11.7 Å². The summed E-state index contributed by atoms with van der Waals surface area (Å²) in [7, 11) is 0. The number of carbonyl (C=O) groups excluding carboxylic acids is 1. The van der Waals surface area contributed by atoms with Crippen molar-refractivity contribution in [2.24, 2.45) is 5.41 Å². The van der Waals surface area contributed by atoms with Crippen molar-refractivity contribution in [2.75, 3.05) is 13.2 Å². The van der Waals surface area contributed by atoms with Crippen LogP contribution in [0.4, 0.5) is 5.69 Å². The molecule has 1 heterocycles. The first-order chi connectivity index (χ1) is 12.1. The van der Waals surface area contributed by atoms with Gasteiger partial charge in [0.1, 0.15) is 9.88 Å². The van der Waals surface area contributed by atoms with Gasteiger partial charge in [-0.2, -0.15) is 0 Å². The Morgan fingerprint density at radius 3 is 2.62 bits per heavy atom. The lowest BCUT2D eigenvalue weighted by Gasteiger charge is -2.18. The van der Waals surface area contributed by atoms with Crippen molar-refractivity contribution in [3.05, 3.63) is 38.9 Å². The Bertz CT molecular complexity index is 823. The van der Waals surface area contributed by atoms with Crippen molar-refractivity contribution < 1.29 is 19.2 Å². The molecule has 0 N–H and O–H groups in total. The third-order valence-electron chi connectivity index (χ3n) is 3.32. The van der Waals surface area contributed by atoms with Gasteiger partial charge in [-0.05, 0) is 31.4 Å². The summed E-state index contributed by atoms with van der Waals surface area (Å²) in [6.07, 6.45) is 0. The maximum absolute atomic E-state index is 11.9. The van der Waals surface area contributed by atoms with Crippen LogP contribution in [0.1, 0.15) is 43.1 Å². The van der Waals surface area contributed by atoms with Crippen LogP contribution in [0.2, 0.25) is 0 Å². The first-order valence-electron chi connectivity index (χ1n) is 8.18. The van der Waals surface area contributed by atoms with Crippen molar-refractivity contribution in [2.45, 2.75) is 34.6 Å². The number of nitro groups is 1. The summed E-state index contributed by atoms with van der Waals surface area (Å²) in [5.74, 6) is -0.221. The van der Waals surface area contributed by atoms with Gasteiger partial charge in [-0.15, -0.1) is 11.3 Å². The Balaban J connectivity index is 2.36. The van der Waals surface area contributed by atoms with Crippen molar-refractivity contribution >= 4 is 23.0 Å². The largest absolute Gasteiger partial charge is 0.486 e. The van der Waals surface area contributed by atoms with Crippen LogP contribution in [0, 0.1) is 22.5 Å². The number of hydrogen-bond acceptors (Lipinski definition) is 7. The highest BCUT2D eigenvalue weighted by Crippen LogP contribution is 2.35. The number of esters is 1. The van der Waals surface area contributed by atoms with Gasteiger partial charge in [-0.25, -0.2) is 9.78 Å². The summed E-state index contributed by atoms with van der Waals surface area (Å²) in [4.78, 5) is 27.6. The summed E-state index contributed by atoms with van der Waals surface area (Å²) in [5, 5.41) is 12.0. The highest BCUT2D eigenvalue weighted by Gasteiger charge is 2.22. The van der Waals surface area contributed by atoms with Gasteiger partial charge in [-0.3, -0.25) is 10.1 Å². The highest BCUT2D eigenvalue weighted by molar-refractivity contribution is 7.17. The topological polar surface area (TPSA) is 91.6 Å². The SMILES string of the molecule is CCOC(=O)c1sc(-c2ccc(OCC(C)(C)C)c([N+](=O)[O-])c2)nc1C. The molecule has 0 fully saturated rings. The zero-order chi connectivity index (χ0) is 19.5. The third-order valence-corrected chi connectivity index (χ3v) is 4.51. The van der Waals surface area contributed by atoms with E-state index in [0.717, 1.165) is 11.3 Å². The lowest BCUT2D eigenvalue weighted by molar-refractivity contribution is -0.385. The lowest BCUT2D eigenvalue weighted by Crippen LogP contribution is -2.17. The quantitative estimate of drug-likeness (QED) is 0.413.